The molecule has 0 fully saturated rings. The van der Waals surface area contributed by atoms with Crippen LogP contribution in [0.15, 0.2) is 41.2 Å². The number of nitrogens with two attached hydrogens (primary N) is 1. The summed E-state index contributed by atoms with van der Waals surface area (Å²) in [7, 11) is 4.44. The van der Waals surface area contributed by atoms with Gasteiger partial charge in [-0.2, -0.15) is 0 Å². The summed E-state index contributed by atoms with van der Waals surface area (Å²) < 4.78 is 0.928. The molecule has 34 heavy (non-hydrogen) atoms. The fourth-order valence-electron chi connectivity index (χ4n) is 4.19. The maximum atomic E-state index is 13.4. The predicted octanol–water partition coefficient (Wildman–Crippen LogP) is 2.93. The second-order valence-electron chi connectivity index (χ2n) is 9.49. The topological polar surface area (TPSA) is 83.6 Å². The van der Waals surface area contributed by atoms with Crippen molar-refractivity contribution in [2.24, 2.45) is 10.7 Å². The normalized spacial score (nSPS) is 14.4. The minimum atomic E-state index is -0.237. The summed E-state index contributed by atoms with van der Waals surface area (Å²) in [5.74, 6) is 0.0887. The van der Waals surface area contributed by atoms with Crippen LogP contribution in [-0.2, 0) is 31.1 Å². The van der Waals surface area contributed by atoms with Gasteiger partial charge >= 0.3 is 19.8 Å². The van der Waals surface area contributed by atoms with Crippen LogP contribution in [-0.4, -0.2) is 79.3 Å². The number of carbonyl (C=O) groups is 1. The summed E-state index contributed by atoms with van der Waals surface area (Å²) in [6.07, 6.45) is 12.4. The van der Waals surface area contributed by atoms with Crippen molar-refractivity contribution in [3.05, 3.63) is 48.8 Å². The van der Waals surface area contributed by atoms with Crippen molar-refractivity contribution in [2.45, 2.75) is 57.5 Å². The third kappa shape index (κ3) is 11.8. The number of hydrogen-bond donors (Lipinski definition) is 2. The molecular formula is C26H44N6OOs+. The Labute approximate surface area is 219 Å². The number of nitrogens with one attached hydrogen (secondary N) is 1. The van der Waals surface area contributed by atoms with Crippen molar-refractivity contribution in [3.8, 4) is 0 Å². The second-order valence-corrected chi connectivity index (χ2v) is 9.49. The fourth-order valence-corrected chi connectivity index (χ4v) is 4.19. The minimum absolute atomic E-state index is 0. The van der Waals surface area contributed by atoms with Gasteiger partial charge in [0.15, 0.2) is 0 Å². The van der Waals surface area contributed by atoms with Crippen molar-refractivity contribution in [3.63, 3.8) is 0 Å². The summed E-state index contributed by atoms with van der Waals surface area (Å²) in [6.45, 7) is 8.61. The Balaban J connectivity index is 0.00000578. The van der Waals surface area contributed by atoms with Crippen LogP contribution >= 0.6 is 0 Å². The number of rotatable bonds is 16. The van der Waals surface area contributed by atoms with Crippen LogP contribution in [0.4, 0.5) is 0 Å². The van der Waals surface area contributed by atoms with E-state index >= 15 is 0 Å². The molecule has 1 aliphatic heterocycles. The van der Waals surface area contributed by atoms with Gasteiger partial charge in [-0.3, -0.25) is 19.7 Å². The standard InChI is InChI=1S/C26H44N6O.Os/c1-4-19-32(2,3)20-11-18-30-26(33)25(14-5-8-15-27)31(21-23-12-6-9-16-28-23)22-24-13-7-10-17-29-24;/h6,9,12-13,16-17,25H,1,4-5,7-8,10-11,14-15,18-22,27H2,2-3H3,(H,30,33);/q;+1. The first-order valence-electron chi connectivity index (χ1n) is 12.4. The van der Waals surface area contributed by atoms with Gasteiger partial charge in [0.05, 0.1) is 44.6 Å². The van der Waals surface area contributed by atoms with Crippen LogP contribution in [0, 0.1) is 6.92 Å². The average molecular weight is 647 g/mol. The van der Waals surface area contributed by atoms with Crippen LogP contribution in [0.1, 0.15) is 50.6 Å². The molecule has 1 aliphatic rings. The number of carbonyl (C=O) groups excluding carboxylic acids is 1. The molecular weight excluding hydrogens is 603 g/mol. The van der Waals surface area contributed by atoms with Gasteiger partial charge in [0, 0.05) is 38.5 Å². The zero-order valence-corrected chi connectivity index (χ0v) is 23.6. The number of nitrogens with zero attached hydrogens (tertiary/aromatic N) is 4. The van der Waals surface area contributed by atoms with E-state index in [1.54, 1.807) is 6.20 Å². The quantitative estimate of drug-likeness (QED) is 0.165. The molecule has 0 aromatic carbocycles. The molecule has 1 aromatic rings. The van der Waals surface area contributed by atoms with Crippen LogP contribution in [0.2, 0.25) is 0 Å². The van der Waals surface area contributed by atoms with E-state index in [1.165, 1.54) is 0 Å². The van der Waals surface area contributed by atoms with E-state index in [9.17, 15) is 4.79 Å². The molecule has 2 heterocycles. The molecule has 1 radical (unpaired) electrons. The number of amides is 1. The van der Waals surface area contributed by atoms with E-state index in [-0.39, 0.29) is 31.7 Å². The second kappa shape index (κ2) is 17.1. The molecule has 0 aliphatic carbocycles. The maximum Gasteiger partial charge on any atom is 1.00 e. The number of aliphatic imine (C=N–C) groups is 1. The largest absolute Gasteiger partial charge is 1.00 e. The Hall–Kier alpha value is -1.45. The van der Waals surface area contributed by atoms with Gasteiger partial charge in [0.2, 0.25) is 5.91 Å². The van der Waals surface area contributed by atoms with E-state index in [4.69, 9.17) is 5.73 Å². The van der Waals surface area contributed by atoms with Gasteiger partial charge in [-0.15, -0.1) is 6.42 Å². The molecule has 191 valence electrons. The van der Waals surface area contributed by atoms with Crippen molar-refractivity contribution >= 4 is 12.1 Å². The van der Waals surface area contributed by atoms with Crippen molar-refractivity contribution in [1.29, 1.82) is 0 Å². The number of hydrogen-bond acceptors (Lipinski definition) is 5. The van der Waals surface area contributed by atoms with Gasteiger partial charge in [0.25, 0.3) is 0 Å². The van der Waals surface area contributed by atoms with Gasteiger partial charge in [-0.25, -0.2) is 0 Å². The zero-order chi connectivity index (χ0) is 23.9. The van der Waals surface area contributed by atoms with Crippen molar-refractivity contribution in [1.82, 2.24) is 15.2 Å². The molecule has 0 bridgehead atoms. The average Bonchev–Trinajstić information content (AvgIpc) is 2.80. The van der Waals surface area contributed by atoms with E-state index in [2.05, 4.69) is 47.3 Å². The SMILES string of the molecule is [CH2-]CC[N+](C)(C)CCCNC(=O)C(CCCCN)N(CC1=CCCC=N1)Cc1ccccn1.[Os+]. The fraction of sp³-hybridized carbons (Fsp3) is 0.615. The van der Waals surface area contributed by atoms with E-state index in [0.717, 1.165) is 73.9 Å². The number of allylic oxidation sites excluding steroid dienone is 1. The zero-order valence-electron chi connectivity index (χ0n) is 21.1. The molecule has 0 spiro atoms. The Morgan fingerprint density at radius 1 is 1.21 bits per heavy atom. The Morgan fingerprint density at radius 2 is 2.03 bits per heavy atom. The first-order chi connectivity index (χ1) is 15.9. The Bertz CT molecular complexity index is 753. The van der Waals surface area contributed by atoms with Crippen molar-refractivity contribution in [2.75, 3.05) is 46.8 Å². The molecule has 7 nitrogen and oxygen atoms in total. The van der Waals surface area contributed by atoms with E-state index in [1.807, 2.05) is 24.4 Å². The van der Waals surface area contributed by atoms with Crippen molar-refractivity contribution < 1.29 is 29.1 Å². The summed E-state index contributed by atoms with van der Waals surface area (Å²) in [4.78, 5) is 24.7. The molecule has 1 aromatic heterocycles. The number of aromatic nitrogens is 1. The van der Waals surface area contributed by atoms with Gasteiger partial charge in [-0.1, -0.05) is 18.6 Å². The maximum absolute atomic E-state index is 13.4. The number of pyridine rings is 1. The van der Waals surface area contributed by atoms with E-state index in [0.29, 0.717) is 26.2 Å². The molecule has 0 saturated heterocycles. The Kier molecular flexibility index (Phi) is 15.3. The van der Waals surface area contributed by atoms with Crippen LogP contribution in [0.5, 0.6) is 0 Å². The third-order valence-electron chi connectivity index (χ3n) is 6.07. The first kappa shape index (κ1) is 30.6. The summed E-state index contributed by atoms with van der Waals surface area (Å²) in [5.41, 5.74) is 7.73. The van der Waals surface area contributed by atoms with E-state index < -0.39 is 0 Å². The predicted molar refractivity (Wildman–Crippen MR) is 137 cm³/mol. The number of quaternary nitrogens is 1. The molecule has 3 N–H and O–H groups in total. The molecule has 1 amide bonds. The first-order valence-corrected chi connectivity index (χ1v) is 12.4. The minimum Gasteiger partial charge on any atom is -0.355 e. The van der Waals surface area contributed by atoms with Gasteiger partial charge in [-0.05, 0) is 44.4 Å². The summed E-state index contributed by atoms with van der Waals surface area (Å²) >= 11 is 0. The Morgan fingerprint density at radius 3 is 2.68 bits per heavy atom. The molecule has 1 unspecified atom stereocenters. The summed E-state index contributed by atoms with van der Waals surface area (Å²) in [5, 5.41) is 3.21. The monoisotopic (exact) mass is 648 g/mol. The van der Waals surface area contributed by atoms with Crippen LogP contribution in [0.25, 0.3) is 0 Å². The molecule has 8 heteroatoms. The van der Waals surface area contributed by atoms with Crippen LogP contribution < -0.4 is 11.1 Å². The summed E-state index contributed by atoms with van der Waals surface area (Å²) in [6, 6.07) is 5.69. The number of unbranched alkanes of at least 4 members (excludes halogenated alkanes) is 1. The third-order valence-corrected chi connectivity index (χ3v) is 6.07. The van der Waals surface area contributed by atoms with Crippen LogP contribution in [0.3, 0.4) is 0 Å². The molecule has 2 rings (SSSR count). The van der Waals surface area contributed by atoms with Gasteiger partial charge in [0.1, 0.15) is 0 Å². The molecule has 1 atom stereocenters. The molecule has 0 saturated carbocycles. The smallest absolute Gasteiger partial charge is 0.355 e. The van der Waals surface area contributed by atoms with Gasteiger partial charge < -0.3 is 22.5 Å².